The molecular formula is C14H23F3N4O4S. The number of nitrogens with two attached hydrogens (primary N) is 1. The Hall–Kier alpha value is -1.69. The summed E-state index contributed by atoms with van der Waals surface area (Å²) < 4.78 is 31.7. The van der Waals surface area contributed by atoms with Crippen molar-refractivity contribution in [3.8, 4) is 0 Å². The fourth-order valence-corrected chi connectivity index (χ4v) is 4.12. The van der Waals surface area contributed by atoms with Crippen molar-refractivity contribution < 1.29 is 32.7 Å². The average molecular weight is 400 g/mol. The quantitative estimate of drug-likeness (QED) is 0.311. The molecule has 2 rings (SSSR count). The average Bonchev–Trinajstić information content (AvgIpc) is 3.08. The van der Waals surface area contributed by atoms with E-state index in [4.69, 9.17) is 15.6 Å². The van der Waals surface area contributed by atoms with Gasteiger partial charge in [0.05, 0.1) is 12.1 Å². The molecule has 3 amide bonds. The number of carbonyl (C=O) groups is 3. The van der Waals surface area contributed by atoms with Crippen molar-refractivity contribution >= 4 is 29.7 Å². The zero-order chi connectivity index (χ0) is 19.7. The predicted octanol–water partition coefficient (Wildman–Crippen LogP) is 0.420. The molecule has 0 bridgehead atoms. The molecule has 8 nitrogen and oxygen atoms in total. The summed E-state index contributed by atoms with van der Waals surface area (Å²) in [5.74, 6) is -1.68. The minimum Gasteiger partial charge on any atom is -0.475 e. The highest BCUT2D eigenvalue weighted by Crippen LogP contribution is 2.33. The minimum absolute atomic E-state index is 0.0403. The molecule has 0 aromatic rings. The third-order valence-corrected chi connectivity index (χ3v) is 5.30. The van der Waals surface area contributed by atoms with Gasteiger partial charge < -0.3 is 26.8 Å². The SMILES string of the molecule is NCCNC(=O)CCCC[C@@H]1SC[C@@H]2NC(=O)N[C@@H]21.O=C(O)C(F)(F)F. The lowest BCUT2D eigenvalue weighted by molar-refractivity contribution is -0.192. The highest BCUT2D eigenvalue weighted by Gasteiger charge is 2.42. The zero-order valence-corrected chi connectivity index (χ0v) is 14.8. The van der Waals surface area contributed by atoms with Gasteiger partial charge in [0.25, 0.3) is 0 Å². The van der Waals surface area contributed by atoms with Gasteiger partial charge in [-0.15, -0.1) is 0 Å². The number of hydrogen-bond donors (Lipinski definition) is 5. The van der Waals surface area contributed by atoms with Gasteiger partial charge in [0.15, 0.2) is 0 Å². The number of halogens is 3. The lowest BCUT2D eigenvalue weighted by Crippen LogP contribution is -2.36. The summed E-state index contributed by atoms with van der Waals surface area (Å²) in [6.45, 7) is 1.04. The number of hydrogen-bond acceptors (Lipinski definition) is 5. The molecule has 26 heavy (non-hydrogen) atoms. The lowest BCUT2D eigenvalue weighted by atomic mass is 10.0. The lowest BCUT2D eigenvalue weighted by Gasteiger charge is -2.16. The number of fused-ring (bicyclic) bond motifs is 1. The minimum atomic E-state index is -5.08. The van der Waals surface area contributed by atoms with E-state index in [-0.39, 0.29) is 24.0 Å². The third-order valence-electron chi connectivity index (χ3n) is 3.79. The van der Waals surface area contributed by atoms with Crippen LogP contribution in [0.4, 0.5) is 18.0 Å². The van der Waals surface area contributed by atoms with Gasteiger partial charge in [-0.2, -0.15) is 24.9 Å². The molecule has 0 saturated carbocycles. The summed E-state index contributed by atoms with van der Waals surface area (Å²) in [6, 6.07) is 0.514. The summed E-state index contributed by atoms with van der Waals surface area (Å²) in [5, 5.41) is 16.3. The van der Waals surface area contributed by atoms with Gasteiger partial charge in [-0.25, -0.2) is 9.59 Å². The molecule has 12 heteroatoms. The molecule has 0 aromatic carbocycles. The number of carbonyl (C=O) groups excluding carboxylic acids is 2. The van der Waals surface area contributed by atoms with Crippen molar-refractivity contribution in [2.75, 3.05) is 18.8 Å². The van der Waals surface area contributed by atoms with E-state index in [1.807, 2.05) is 11.8 Å². The largest absolute Gasteiger partial charge is 0.490 e. The van der Waals surface area contributed by atoms with Crippen LogP contribution in [0.25, 0.3) is 0 Å². The molecule has 150 valence electrons. The first-order valence-electron chi connectivity index (χ1n) is 8.10. The number of carboxylic acids is 1. The van der Waals surface area contributed by atoms with Crippen LogP contribution in [-0.2, 0) is 9.59 Å². The molecule has 2 saturated heterocycles. The van der Waals surface area contributed by atoms with Crippen molar-refractivity contribution in [3.63, 3.8) is 0 Å². The fraction of sp³-hybridized carbons (Fsp3) is 0.786. The summed E-state index contributed by atoms with van der Waals surface area (Å²) >= 11 is 1.91. The van der Waals surface area contributed by atoms with E-state index >= 15 is 0 Å². The van der Waals surface area contributed by atoms with Gasteiger partial charge in [0.2, 0.25) is 5.91 Å². The number of unbranched alkanes of at least 4 members (excludes halogenated alkanes) is 1. The number of rotatable bonds is 7. The molecule has 3 atom stereocenters. The topological polar surface area (TPSA) is 134 Å². The number of nitrogens with one attached hydrogen (secondary N) is 3. The van der Waals surface area contributed by atoms with Crippen LogP contribution in [0.3, 0.4) is 0 Å². The maximum Gasteiger partial charge on any atom is 0.490 e. The van der Waals surface area contributed by atoms with Crippen LogP contribution in [0.5, 0.6) is 0 Å². The normalized spacial score (nSPS) is 24.0. The Balaban J connectivity index is 0.000000412. The van der Waals surface area contributed by atoms with Gasteiger partial charge in [0, 0.05) is 30.5 Å². The van der Waals surface area contributed by atoms with Gasteiger partial charge in [0.1, 0.15) is 0 Å². The van der Waals surface area contributed by atoms with E-state index < -0.39 is 12.1 Å². The van der Waals surface area contributed by atoms with Crippen LogP contribution >= 0.6 is 11.8 Å². The Morgan fingerprint density at radius 1 is 1.31 bits per heavy atom. The molecule has 2 fully saturated rings. The smallest absolute Gasteiger partial charge is 0.475 e. The van der Waals surface area contributed by atoms with Crippen LogP contribution in [0, 0.1) is 0 Å². The van der Waals surface area contributed by atoms with E-state index in [2.05, 4.69) is 16.0 Å². The predicted molar refractivity (Wildman–Crippen MR) is 89.7 cm³/mol. The van der Waals surface area contributed by atoms with E-state index in [1.165, 1.54) is 0 Å². The number of urea groups is 1. The Kier molecular flexibility index (Phi) is 8.99. The summed E-state index contributed by atoms with van der Waals surface area (Å²) in [6.07, 6.45) is -1.55. The van der Waals surface area contributed by atoms with Gasteiger partial charge in [-0.3, -0.25) is 4.79 Å². The highest BCUT2D eigenvalue weighted by atomic mass is 32.2. The number of alkyl halides is 3. The van der Waals surface area contributed by atoms with E-state index in [1.54, 1.807) is 0 Å². The molecular weight excluding hydrogens is 377 g/mol. The third kappa shape index (κ3) is 7.68. The molecule has 0 aliphatic carbocycles. The van der Waals surface area contributed by atoms with Crippen LogP contribution < -0.4 is 21.7 Å². The molecule has 2 aliphatic heterocycles. The van der Waals surface area contributed by atoms with Crippen LogP contribution in [-0.4, -0.2) is 65.4 Å². The van der Waals surface area contributed by atoms with E-state index in [9.17, 15) is 22.8 Å². The summed E-state index contributed by atoms with van der Waals surface area (Å²) in [7, 11) is 0. The molecule has 2 heterocycles. The molecule has 2 aliphatic rings. The second-order valence-corrected chi connectivity index (χ2v) is 7.08. The van der Waals surface area contributed by atoms with Crippen molar-refractivity contribution in [3.05, 3.63) is 0 Å². The Labute approximate surface area is 152 Å². The second kappa shape index (κ2) is 10.5. The van der Waals surface area contributed by atoms with E-state index in [0.29, 0.717) is 24.8 Å². The van der Waals surface area contributed by atoms with Gasteiger partial charge in [-0.05, 0) is 12.8 Å². The first-order chi connectivity index (χ1) is 12.1. The first kappa shape index (κ1) is 22.4. The van der Waals surface area contributed by atoms with E-state index in [0.717, 1.165) is 25.0 Å². The molecule has 0 aromatic heterocycles. The molecule has 6 N–H and O–H groups in total. The number of aliphatic carboxylic acids is 1. The monoisotopic (exact) mass is 400 g/mol. The van der Waals surface area contributed by atoms with Gasteiger partial charge >= 0.3 is 18.2 Å². The standard InChI is InChI=1S/C12H22N4O2S.C2HF3O2/c13-5-6-14-10(17)4-2-1-3-9-11-8(7-19-9)15-12(18)16-11;3-2(4,5)1(6)7/h8-9,11H,1-7,13H2,(H,14,17)(H2,15,16,18);(H,6,7)/t8-,9-,11-;/m0./s1. The molecule has 0 radical (unpaired) electrons. The van der Waals surface area contributed by atoms with Crippen molar-refractivity contribution in [2.24, 2.45) is 5.73 Å². The van der Waals surface area contributed by atoms with Crippen LogP contribution in [0.15, 0.2) is 0 Å². The number of thioether (sulfide) groups is 1. The van der Waals surface area contributed by atoms with Crippen molar-refractivity contribution in [2.45, 2.75) is 49.2 Å². The fourth-order valence-electron chi connectivity index (χ4n) is 2.57. The Morgan fingerprint density at radius 3 is 2.54 bits per heavy atom. The first-order valence-corrected chi connectivity index (χ1v) is 9.15. The Bertz CT molecular complexity index is 507. The van der Waals surface area contributed by atoms with Crippen LogP contribution in [0.1, 0.15) is 25.7 Å². The molecule has 0 spiro atoms. The Morgan fingerprint density at radius 2 is 1.96 bits per heavy atom. The molecule has 0 unspecified atom stereocenters. The second-order valence-electron chi connectivity index (χ2n) is 5.81. The van der Waals surface area contributed by atoms with Crippen molar-refractivity contribution in [1.82, 2.24) is 16.0 Å². The maximum atomic E-state index is 11.4. The van der Waals surface area contributed by atoms with Gasteiger partial charge in [-0.1, -0.05) is 6.42 Å². The number of amides is 3. The summed E-state index contributed by atoms with van der Waals surface area (Å²) in [5.41, 5.74) is 5.32. The zero-order valence-electron chi connectivity index (χ0n) is 14.0. The number of carboxylic acid groups (broad SMARTS) is 1. The van der Waals surface area contributed by atoms with Crippen LogP contribution in [0.2, 0.25) is 0 Å². The maximum absolute atomic E-state index is 11.4. The summed E-state index contributed by atoms with van der Waals surface area (Å²) in [4.78, 5) is 31.5. The van der Waals surface area contributed by atoms with Crippen molar-refractivity contribution in [1.29, 1.82) is 0 Å². The highest BCUT2D eigenvalue weighted by molar-refractivity contribution is 8.00.